The van der Waals surface area contributed by atoms with Gasteiger partial charge in [0.2, 0.25) is 0 Å². The molecule has 0 rings (SSSR count). The summed E-state index contributed by atoms with van der Waals surface area (Å²) in [4.78, 5) is 24.9. The Labute approximate surface area is 211 Å². The lowest BCUT2D eigenvalue weighted by atomic mass is 9.94. The van der Waals surface area contributed by atoms with Crippen molar-refractivity contribution in [3.8, 4) is 0 Å². The van der Waals surface area contributed by atoms with E-state index in [1.807, 2.05) is 13.8 Å². The number of carbonyl (C=O) groups is 2. The molecule has 0 aliphatic rings. The molecule has 0 fully saturated rings. The first-order chi connectivity index (χ1) is 14.8. The van der Waals surface area contributed by atoms with Crippen LogP contribution < -0.4 is 5.32 Å². The average molecular weight is 520 g/mol. The molecule has 0 spiro atoms. The van der Waals surface area contributed by atoms with Crippen molar-refractivity contribution in [2.75, 3.05) is 0 Å². The SMILES string of the molecule is C[C@H](NC(=O)OC(C)(C)C)[C@@H](C[C@H](C(=O)O)[C@@H](C)O[Si](C)(C)C(C)(C)C)O[Si](C)(C)C(C)(C)C. The number of alkyl carbamates (subject to hydrolysis) is 1. The molecule has 34 heavy (non-hydrogen) atoms. The van der Waals surface area contributed by atoms with Gasteiger partial charge in [-0.3, -0.25) is 4.79 Å². The first kappa shape index (κ1) is 33.1. The topological polar surface area (TPSA) is 94.1 Å². The summed E-state index contributed by atoms with van der Waals surface area (Å²) in [5, 5.41) is 12.9. The number of rotatable bonds is 10. The second-order valence-corrected chi connectivity index (χ2v) is 23.1. The minimum Gasteiger partial charge on any atom is -0.481 e. The number of carbonyl (C=O) groups excluding carboxylic acids is 1. The van der Waals surface area contributed by atoms with Crippen LogP contribution in [0.5, 0.6) is 0 Å². The summed E-state index contributed by atoms with van der Waals surface area (Å²) < 4.78 is 18.6. The van der Waals surface area contributed by atoms with Crippen LogP contribution >= 0.6 is 0 Å². The highest BCUT2D eigenvalue weighted by molar-refractivity contribution is 6.74. The minimum absolute atomic E-state index is 0.0348. The number of hydrogen-bond acceptors (Lipinski definition) is 5. The summed E-state index contributed by atoms with van der Waals surface area (Å²) in [5.41, 5.74) is -0.630. The molecule has 0 unspecified atom stereocenters. The van der Waals surface area contributed by atoms with E-state index in [1.54, 1.807) is 20.8 Å². The molecule has 0 aliphatic carbocycles. The number of nitrogens with one attached hydrogen (secondary N) is 1. The summed E-state index contributed by atoms with van der Waals surface area (Å²) in [6.45, 7) is 30.4. The number of ether oxygens (including phenoxy) is 1. The van der Waals surface area contributed by atoms with Crippen LogP contribution in [-0.2, 0) is 18.4 Å². The maximum Gasteiger partial charge on any atom is 0.407 e. The van der Waals surface area contributed by atoms with Gasteiger partial charge in [0.15, 0.2) is 16.6 Å². The molecule has 1 amide bonds. The van der Waals surface area contributed by atoms with Crippen LogP contribution in [0.2, 0.25) is 36.3 Å². The summed E-state index contributed by atoms with van der Waals surface area (Å²) in [7, 11) is -4.43. The van der Waals surface area contributed by atoms with E-state index in [4.69, 9.17) is 13.6 Å². The Morgan fingerprint density at radius 2 is 1.24 bits per heavy atom. The second kappa shape index (κ2) is 11.4. The van der Waals surface area contributed by atoms with Gasteiger partial charge >= 0.3 is 12.1 Å². The Kier molecular flexibility index (Phi) is 11.1. The highest BCUT2D eigenvalue weighted by atomic mass is 28.4. The molecule has 0 aromatic rings. The highest BCUT2D eigenvalue weighted by Gasteiger charge is 2.44. The van der Waals surface area contributed by atoms with Crippen molar-refractivity contribution in [1.82, 2.24) is 5.32 Å². The van der Waals surface area contributed by atoms with Crippen molar-refractivity contribution < 1.29 is 28.3 Å². The predicted octanol–water partition coefficient (Wildman–Crippen LogP) is 6.79. The molecule has 0 saturated carbocycles. The van der Waals surface area contributed by atoms with E-state index in [9.17, 15) is 14.7 Å². The maximum atomic E-state index is 12.5. The number of amides is 1. The molecule has 7 nitrogen and oxygen atoms in total. The van der Waals surface area contributed by atoms with Gasteiger partial charge in [0, 0.05) is 0 Å². The van der Waals surface area contributed by atoms with Gasteiger partial charge in [0.05, 0.1) is 24.2 Å². The molecule has 0 heterocycles. The van der Waals surface area contributed by atoms with E-state index in [0.717, 1.165) is 0 Å². The summed E-state index contributed by atoms with van der Waals surface area (Å²) in [5.74, 6) is -1.69. The van der Waals surface area contributed by atoms with Crippen molar-refractivity contribution in [3.05, 3.63) is 0 Å². The fraction of sp³-hybridized carbons (Fsp3) is 0.920. The van der Waals surface area contributed by atoms with Crippen LogP contribution in [0, 0.1) is 5.92 Å². The summed E-state index contributed by atoms with van der Waals surface area (Å²) in [6.07, 6.45) is -1.30. The van der Waals surface area contributed by atoms with Gasteiger partial charge in [0.1, 0.15) is 5.60 Å². The van der Waals surface area contributed by atoms with Crippen LogP contribution in [0.4, 0.5) is 4.79 Å². The lowest BCUT2D eigenvalue weighted by Gasteiger charge is -2.43. The van der Waals surface area contributed by atoms with Crippen molar-refractivity contribution in [1.29, 1.82) is 0 Å². The van der Waals surface area contributed by atoms with E-state index >= 15 is 0 Å². The van der Waals surface area contributed by atoms with Crippen LogP contribution in [0.1, 0.15) is 82.6 Å². The van der Waals surface area contributed by atoms with E-state index < -0.39 is 58.5 Å². The molecule has 4 atom stereocenters. The number of carboxylic acids is 1. The molecular weight excluding hydrogens is 466 g/mol. The molecule has 0 aliphatic heterocycles. The number of aliphatic carboxylic acids is 1. The minimum atomic E-state index is -2.26. The molecule has 0 aromatic carbocycles. The smallest absolute Gasteiger partial charge is 0.407 e. The molecular formula is C25H53NO6Si2. The van der Waals surface area contributed by atoms with Crippen molar-refractivity contribution in [3.63, 3.8) is 0 Å². The summed E-state index contributed by atoms with van der Waals surface area (Å²) >= 11 is 0. The zero-order chi connectivity index (χ0) is 27.5. The lowest BCUT2D eigenvalue weighted by molar-refractivity contribution is -0.146. The van der Waals surface area contributed by atoms with Gasteiger partial charge in [-0.15, -0.1) is 0 Å². The lowest BCUT2D eigenvalue weighted by Crippen LogP contribution is -2.53. The molecule has 0 radical (unpaired) electrons. The summed E-state index contributed by atoms with van der Waals surface area (Å²) in [6, 6.07) is -0.439. The molecule has 0 aromatic heterocycles. The van der Waals surface area contributed by atoms with Crippen LogP contribution in [0.15, 0.2) is 0 Å². The molecule has 2 N–H and O–H groups in total. The Bertz CT molecular complexity index is 689. The third kappa shape index (κ3) is 10.4. The average Bonchev–Trinajstić information content (AvgIpc) is 2.53. The zero-order valence-electron chi connectivity index (χ0n) is 24.5. The van der Waals surface area contributed by atoms with E-state index in [0.29, 0.717) is 0 Å². The van der Waals surface area contributed by atoms with Gasteiger partial charge in [-0.1, -0.05) is 41.5 Å². The van der Waals surface area contributed by atoms with Crippen LogP contribution in [0.25, 0.3) is 0 Å². The van der Waals surface area contributed by atoms with Gasteiger partial charge in [0.25, 0.3) is 0 Å². The first-order valence-electron chi connectivity index (χ1n) is 12.4. The quantitative estimate of drug-likeness (QED) is 0.309. The highest BCUT2D eigenvalue weighted by Crippen LogP contribution is 2.40. The van der Waals surface area contributed by atoms with E-state index in [2.05, 4.69) is 73.0 Å². The number of hydrogen-bond donors (Lipinski definition) is 2. The Morgan fingerprint density at radius 1 is 0.824 bits per heavy atom. The first-order valence-corrected chi connectivity index (χ1v) is 18.2. The fourth-order valence-corrected chi connectivity index (χ4v) is 5.82. The van der Waals surface area contributed by atoms with Gasteiger partial charge < -0.3 is 24.0 Å². The van der Waals surface area contributed by atoms with Crippen molar-refractivity contribution in [2.45, 2.75) is 143 Å². The fourth-order valence-electron chi connectivity index (χ4n) is 2.96. The van der Waals surface area contributed by atoms with E-state index in [1.165, 1.54) is 0 Å². The Hall–Kier alpha value is -0.906. The molecule has 202 valence electrons. The second-order valence-electron chi connectivity index (χ2n) is 13.6. The van der Waals surface area contributed by atoms with Crippen LogP contribution in [0.3, 0.4) is 0 Å². The largest absolute Gasteiger partial charge is 0.481 e. The molecule has 9 heteroatoms. The number of carboxylic acid groups (broad SMARTS) is 1. The Morgan fingerprint density at radius 3 is 1.59 bits per heavy atom. The van der Waals surface area contributed by atoms with Gasteiger partial charge in [-0.2, -0.15) is 0 Å². The Balaban J connectivity index is 5.96. The van der Waals surface area contributed by atoms with E-state index in [-0.39, 0.29) is 16.5 Å². The van der Waals surface area contributed by atoms with Crippen molar-refractivity contribution in [2.24, 2.45) is 5.92 Å². The van der Waals surface area contributed by atoms with Gasteiger partial charge in [-0.25, -0.2) is 4.79 Å². The van der Waals surface area contributed by atoms with Gasteiger partial charge in [-0.05, 0) is 77.3 Å². The third-order valence-electron chi connectivity index (χ3n) is 7.21. The monoisotopic (exact) mass is 519 g/mol. The molecule has 0 bridgehead atoms. The maximum absolute atomic E-state index is 12.5. The standard InChI is InChI=1S/C25H53NO6Si2/c1-17(26-22(29)30-23(3,4)5)20(32-34(14,15)25(9,10)11)16-19(21(27)28)18(2)31-33(12,13)24(6,7)8/h17-20H,16H2,1-15H3,(H,26,29)(H,27,28)/t17-,18+,19-,20+/m0/s1. The third-order valence-corrected chi connectivity index (χ3v) is 16.3. The van der Waals surface area contributed by atoms with Crippen LogP contribution in [-0.4, -0.2) is 57.7 Å². The predicted molar refractivity (Wildman–Crippen MR) is 144 cm³/mol. The normalized spacial score (nSPS) is 17.5. The molecule has 0 saturated heterocycles. The van der Waals surface area contributed by atoms with Crippen molar-refractivity contribution >= 4 is 28.7 Å². The zero-order valence-corrected chi connectivity index (χ0v) is 26.5.